The monoisotopic (exact) mass is 353 g/mol. The lowest BCUT2D eigenvalue weighted by Crippen LogP contribution is -3.00. The highest BCUT2D eigenvalue weighted by molar-refractivity contribution is 5.81. The molecular formula is C20H32ClNO2. The summed E-state index contributed by atoms with van der Waals surface area (Å²) in [5.41, 5.74) is 0. The Balaban J connectivity index is 0.00000529. The molecule has 0 amide bonds. The van der Waals surface area contributed by atoms with Crippen LogP contribution in [0.15, 0.2) is 43.2 Å². The molecule has 1 unspecified atom stereocenters. The number of nitrogens with zero attached hydrogens (tertiary/aromatic N) is 1. The molecule has 0 N–H and O–H groups in total. The number of unbranched alkanes of at least 4 members (excludes halogenated alkanes) is 8. The standard InChI is InChI=1S/C20H32NO2.ClH/c1-3-5-6-7-8-9-10-11-13-16-19(23-20(22)4-2)21-17-14-12-15-18-21;/h4,12,14-15,17-19H,2-3,5-11,13,16H2,1H3;1H/q+1;/p-1. The zero-order chi connectivity index (χ0) is 16.8. The third kappa shape index (κ3) is 10.4. The number of hydrogen-bond acceptors (Lipinski definition) is 2. The van der Waals surface area contributed by atoms with E-state index in [1.165, 1.54) is 57.4 Å². The Hall–Kier alpha value is -1.35. The van der Waals surface area contributed by atoms with Gasteiger partial charge in [0.1, 0.15) is 0 Å². The fraction of sp³-hybridized carbons (Fsp3) is 0.600. The van der Waals surface area contributed by atoms with Gasteiger partial charge in [0.2, 0.25) is 0 Å². The van der Waals surface area contributed by atoms with Crippen molar-refractivity contribution in [3.05, 3.63) is 43.2 Å². The molecule has 136 valence electrons. The van der Waals surface area contributed by atoms with Gasteiger partial charge in [0.25, 0.3) is 0 Å². The molecule has 0 saturated carbocycles. The molecule has 3 nitrogen and oxygen atoms in total. The maximum Gasteiger partial charge on any atom is 0.335 e. The Morgan fingerprint density at radius 3 is 2.08 bits per heavy atom. The van der Waals surface area contributed by atoms with Crippen LogP contribution in [0.4, 0.5) is 0 Å². The number of aromatic nitrogens is 1. The zero-order valence-corrected chi connectivity index (χ0v) is 15.7. The van der Waals surface area contributed by atoms with Crippen LogP contribution < -0.4 is 17.0 Å². The number of rotatable bonds is 13. The third-order valence-corrected chi connectivity index (χ3v) is 4.04. The quantitative estimate of drug-likeness (QED) is 0.235. The molecule has 0 aliphatic heterocycles. The van der Waals surface area contributed by atoms with Gasteiger partial charge in [0.05, 0.1) is 0 Å². The molecule has 0 saturated heterocycles. The van der Waals surface area contributed by atoms with E-state index < -0.39 is 0 Å². The van der Waals surface area contributed by atoms with Gasteiger partial charge in [-0.15, -0.1) is 0 Å². The van der Waals surface area contributed by atoms with Gasteiger partial charge in [0, 0.05) is 24.6 Å². The minimum atomic E-state index is -0.359. The zero-order valence-electron chi connectivity index (χ0n) is 15.0. The van der Waals surface area contributed by atoms with Gasteiger partial charge in [0.15, 0.2) is 12.4 Å². The van der Waals surface area contributed by atoms with E-state index in [4.69, 9.17) is 4.74 Å². The summed E-state index contributed by atoms with van der Waals surface area (Å²) in [6.07, 6.45) is 17.4. The van der Waals surface area contributed by atoms with Crippen molar-refractivity contribution in [3.63, 3.8) is 0 Å². The Bertz CT molecular complexity index is 437. The molecule has 0 fully saturated rings. The van der Waals surface area contributed by atoms with Crippen LogP contribution in [0, 0.1) is 0 Å². The van der Waals surface area contributed by atoms with Crippen molar-refractivity contribution in [3.8, 4) is 0 Å². The highest BCUT2D eigenvalue weighted by Gasteiger charge is 2.20. The number of ether oxygens (including phenoxy) is 1. The molecule has 1 atom stereocenters. The highest BCUT2D eigenvalue weighted by atomic mass is 35.5. The summed E-state index contributed by atoms with van der Waals surface area (Å²) in [6.45, 7) is 5.73. The summed E-state index contributed by atoms with van der Waals surface area (Å²) in [5, 5.41) is 0. The molecule has 0 radical (unpaired) electrons. The Morgan fingerprint density at radius 2 is 1.54 bits per heavy atom. The molecule has 0 aliphatic rings. The van der Waals surface area contributed by atoms with E-state index in [1.54, 1.807) is 0 Å². The summed E-state index contributed by atoms with van der Waals surface area (Å²) in [4.78, 5) is 11.5. The maximum atomic E-state index is 11.5. The van der Waals surface area contributed by atoms with Gasteiger partial charge < -0.3 is 17.1 Å². The second kappa shape index (κ2) is 15.2. The topological polar surface area (TPSA) is 30.2 Å². The van der Waals surface area contributed by atoms with E-state index >= 15 is 0 Å². The molecule has 0 bridgehead atoms. The fourth-order valence-corrected chi connectivity index (χ4v) is 2.68. The van der Waals surface area contributed by atoms with Crippen LogP contribution in [0.5, 0.6) is 0 Å². The van der Waals surface area contributed by atoms with Crippen LogP contribution in [-0.4, -0.2) is 5.97 Å². The van der Waals surface area contributed by atoms with E-state index in [-0.39, 0.29) is 24.6 Å². The Morgan fingerprint density at radius 1 is 1.00 bits per heavy atom. The molecule has 1 rings (SSSR count). The number of pyridine rings is 1. The first-order valence-corrected chi connectivity index (χ1v) is 9.06. The van der Waals surface area contributed by atoms with E-state index in [0.29, 0.717) is 0 Å². The fourth-order valence-electron chi connectivity index (χ4n) is 2.68. The lowest BCUT2D eigenvalue weighted by atomic mass is 10.1. The summed E-state index contributed by atoms with van der Waals surface area (Å²) < 4.78 is 7.41. The van der Waals surface area contributed by atoms with Gasteiger partial charge in [-0.2, -0.15) is 4.57 Å². The van der Waals surface area contributed by atoms with Gasteiger partial charge in [-0.1, -0.05) is 70.9 Å². The highest BCUT2D eigenvalue weighted by Crippen LogP contribution is 2.15. The lowest BCUT2D eigenvalue weighted by molar-refractivity contribution is -0.757. The van der Waals surface area contributed by atoms with Crippen molar-refractivity contribution >= 4 is 5.97 Å². The predicted molar refractivity (Wildman–Crippen MR) is 93.8 cm³/mol. The second-order valence-corrected chi connectivity index (χ2v) is 6.04. The third-order valence-electron chi connectivity index (χ3n) is 4.04. The van der Waals surface area contributed by atoms with Crippen LogP contribution in [-0.2, 0) is 9.53 Å². The number of carbonyl (C=O) groups is 1. The number of halogens is 1. The van der Waals surface area contributed by atoms with E-state index in [0.717, 1.165) is 12.8 Å². The van der Waals surface area contributed by atoms with Crippen LogP contribution in [0.1, 0.15) is 77.4 Å². The average molecular weight is 354 g/mol. The summed E-state index contributed by atoms with van der Waals surface area (Å²) >= 11 is 0. The van der Waals surface area contributed by atoms with E-state index in [9.17, 15) is 4.79 Å². The number of carbonyl (C=O) groups excluding carboxylic acids is 1. The average Bonchev–Trinajstić information content (AvgIpc) is 2.59. The maximum absolute atomic E-state index is 11.5. The first-order chi connectivity index (χ1) is 11.3. The molecule has 1 aromatic rings. The van der Waals surface area contributed by atoms with Gasteiger partial charge in [-0.25, -0.2) is 4.79 Å². The largest absolute Gasteiger partial charge is 1.00 e. The van der Waals surface area contributed by atoms with Crippen molar-refractivity contribution in [1.82, 2.24) is 0 Å². The van der Waals surface area contributed by atoms with Crippen molar-refractivity contribution in [2.45, 2.75) is 77.4 Å². The first-order valence-electron chi connectivity index (χ1n) is 9.06. The summed E-state index contributed by atoms with van der Waals surface area (Å²) in [7, 11) is 0. The minimum absolute atomic E-state index is 0. The van der Waals surface area contributed by atoms with Gasteiger partial charge in [-0.3, -0.25) is 0 Å². The number of hydrogen-bond donors (Lipinski definition) is 0. The molecule has 4 heteroatoms. The first kappa shape index (κ1) is 22.6. The normalized spacial score (nSPS) is 11.4. The molecule has 1 heterocycles. The number of esters is 1. The predicted octanol–water partition coefficient (Wildman–Crippen LogP) is 2.13. The lowest BCUT2D eigenvalue weighted by Gasteiger charge is -2.12. The molecule has 1 aromatic heterocycles. The van der Waals surface area contributed by atoms with Gasteiger partial charge >= 0.3 is 12.2 Å². The van der Waals surface area contributed by atoms with Crippen LogP contribution in [0.2, 0.25) is 0 Å². The molecule has 0 aliphatic carbocycles. The van der Waals surface area contributed by atoms with Crippen LogP contribution in [0.3, 0.4) is 0 Å². The van der Waals surface area contributed by atoms with E-state index in [1.807, 2.05) is 35.2 Å². The van der Waals surface area contributed by atoms with Crippen molar-refractivity contribution < 1.29 is 26.5 Å². The minimum Gasteiger partial charge on any atom is -1.00 e. The van der Waals surface area contributed by atoms with E-state index in [2.05, 4.69) is 13.5 Å². The summed E-state index contributed by atoms with van der Waals surface area (Å²) in [5.74, 6) is -0.359. The van der Waals surface area contributed by atoms with Crippen LogP contribution >= 0.6 is 0 Å². The molecule has 24 heavy (non-hydrogen) atoms. The molecule has 0 aromatic carbocycles. The smallest absolute Gasteiger partial charge is 0.335 e. The van der Waals surface area contributed by atoms with Crippen LogP contribution in [0.25, 0.3) is 0 Å². The van der Waals surface area contributed by atoms with Gasteiger partial charge in [-0.05, 0) is 6.42 Å². The van der Waals surface area contributed by atoms with Crippen molar-refractivity contribution in [2.24, 2.45) is 0 Å². The van der Waals surface area contributed by atoms with Crippen molar-refractivity contribution in [2.75, 3.05) is 0 Å². The Kier molecular flexibility index (Phi) is 14.3. The summed E-state index contributed by atoms with van der Waals surface area (Å²) in [6, 6.07) is 5.86. The Labute approximate surface area is 153 Å². The molecular weight excluding hydrogens is 322 g/mol. The SMILES string of the molecule is C=CC(=O)OC(CCCCCCCCCCC)[n+]1ccccc1.[Cl-]. The van der Waals surface area contributed by atoms with Crippen molar-refractivity contribution in [1.29, 1.82) is 0 Å². The molecule has 0 spiro atoms. The second-order valence-electron chi connectivity index (χ2n) is 6.04.